The lowest BCUT2D eigenvalue weighted by Crippen LogP contribution is -2.19. The highest BCUT2D eigenvalue weighted by Crippen LogP contribution is 1.92. The summed E-state index contributed by atoms with van der Waals surface area (Å²) in [5.41, 5.74) is 0. The molecule has 15 heavy (non-hydrogen) atoms. The predicted octanol–water partition coefficient (Wildman–Crippen LogP) is 0.246. The van der Waals surface area contributed by atoms with Crippen LogP contribution >= 0.6 is 0 Å². The standard InChI is InChI=1S/C10H21N5/c1-14(2)7-5-4-6-11-8-10-13-12-9-15(10)3/h9,11H,4-8H2,1-3H3. The number of hydrogen-bond acceptors (Lipinski definition) is 4. The molecule has 1 aromatic rings. The molecule has 0 radical (unpaired) electrons. The summed E-state index contributed by atoms with van der Waals surface area (Å²) in [7, 11) is 6.17. The monoisotopic (exact) mass is 211 g/mol. The highest BCUT2D eigenvalue weighted by molar-refractivity contribution is 4.82. The summed E-state index contributed by atoms with van der Waals surface area (Å²) in [6.45, 7) is 3.00. The molecule has 5 nitrogen and oxygen atoms in total. The highest BCUT2D eigenvalue weighted by atomic mass is 15.3. The Morgan fingerprint density at radius 3 is 2.80 bits per heavy atom. The quantitative estimate of drug-likeness (QED) is 0.657. The number of nitrogens with zero attached hydrogens (tertiary/aromatic N) is 4. The molecular formula is C10H21N5. The molecule has 0 aliphatic rings. The van der Waals surface area contributed by atoms with Crippen molar-refractivity contribution < 1.29 is 0 Å². The summed E-state index contributed by atoms with van der Waals surface area (Å²) in [5.74, 6) is 0.989. The molecule has 5 heteroatoms. The zero-order chi connectivity index (χ0) is 11.1. The number of unbranched alkanes of at least 4 members (excludes halogenated alkanes) is 1. The van der Waals surface area contributed by atoms with E-state index in [2.05, 4.69) is 34.5 Å². The van der Waals surface area contributed by atoms with E-state index in [1.54, 1.807) is 6.33 Å². The van der Waals surface area contributed by atoms with Gasteiger partial charge in [0.15, 0.2) is 0 Å². The van der Waals surface area contributed by atoms with E-state index in [-0.39, 0.29) is 0 Å². The van der Waals surface area contributed by atoms with Crippen molar-refractivity contribution in [2.75, 3.05) is 27.2 Å². The highest BCUT2D eigenvalue weighted by Gasteiger charge is 1.98. The van der Waals surface area contributed by atoms with Crippen LogP contribution in [0.2, 0.25) is 0 Å². The van der Waals surface area contributed by atoms with E-state index in [0.29, 0.717) is 0 Å². The van der Waals surface area contributed by atoms with Crippen molar-refractivity contribution >= 4 is 0 Å². The fourth-order valence-electron chi connectivity index (χ4n) is 1.35. The largest absolute Gasteiger partial charge is 0.320 e. The molecule has 0 unspecified atom stereocenters. The number of nitrogens with one attached hydrogen (secondary N) is 1. The Balaban J connectivity index is 2.00. The Morgan fingerprint density at radius 1 is 1.40 bits per heavy atom. The van der Waals surface area contributed by atoms with Crippen LogP contribution in [0.1, 0.15) is 18.7 Å². The zero-order valence-corrected chi connectivity index (χ0v) is 9.90. The smallest absolute Gasteiger partial charge is 0.146 e. The summed E-state index contributed by atoms with van der Waals surface area (Å²) < 4.78 is 1.94. The summed E-state index contributed by atoms with van der Waals surface area (Å²) >= 11 is 0. The number of aryl methyl sites for hydroxylation is 1. The van der Waals surface area contributed by atoms with Crippen molar-refractivity contribution in [2.24, 2.45) is 7.05 Å². The van der Waals surface area contributed by atoms with Gasteiger partial charge < -0.3 is 14.8 Å². The van der Waals surface area contributed by atoms with E-state index in [0.717, 1.165) is 25.5 Å². The van der Waals surface area contributed by atoms with Gasteiger partial charge in [-0.05, 0) is 40.0 Å². The Labute approximate surface area is 91.5 Å². The number of hydrogen-bond donors (Lipinski definition) is 1. The lowest BCUT2D eigenvalue weighted by molar-refractivity contribution is 0.391. The van der Waals surface area contributed by atoms with Crippen LogP contribution in [0.5, 0.6) is 0 Å². The van der Waals surface area contributed by atoms with E-state index in [1.165, 1.54) is 12.8 Å². The van der Waals surface area contributed by atoms with Crippen molar-refractivity contribution in [3.63, 3.8) is 0 Å². The van der Waals surface area contributed by atoms with Crippen LogP contribution < -0.4 is 5.32 Å². The lowest BCUT2D eigenvalue weighted by atomic mass is 10.3. The van der Waals surface area contributed by atoms with E-state index in [1.807, 2.05) is 11.6 Å². The van der Waals surface area contributed by atoms with Crippen LogP contribution in [0.4, 0.5) is 0 Å². The first kappa shape index (κ1) is 12.1. The van der Waals surface area contributed by atoms with Crippen LogP contribution in [-0.2, 0) is 13.6 Å². The molecule has 1 aromatic heterocycles. The fourth-order valence-corrected chi connectivity index (χ4v) is 1.35. The molecule has 0 aliphatic heterocycles. The first-order valence-corrected chi connectivity index (χ1v) is 5.38. The topological polar surface area (TPSA) is 46.0 Å². The van der Waals surface area contributed by atoms with E-state index in [9.17, 15) is 0 Å². The first-order chi connectivity index (χ1) is 7.20. The van der Waals surface area contributed by atoms with Crippen molar-refractivity contribution in [3.05, 3.63) is 12.2 Å². The predicted molar refractivity (Wildman–Crippen MR) is 60.5 cm³/mol. The third-order valence-corrected chi connectivity index (χ3v) is 2.30. The van der Waals surface area contributed by atoms with E-state index < -0.39 is 0 Å². The average Bonchev–Trinajstić information content (AvgIpc) is 2.57. The molecule has 0 aromatic carbocycles. The molecule has 0 saturated heterocycles. The van der Waals surface area contributed by atoms with Gasteiger partial charge in [-0.1, -0.05) is 0 Å². The van der Waals surface area contributed by atoms with Crippen LogP contribution in [0.15, 0.2) is 6.33 Å². The number of aromatic nitrogens is 3. The third kappa shape index (κ3) is 4.90. The van der Waals surface area contributed by atoms with E-state index in [4.69, 9.17) is 0 Å². The van der Waals surface area contributed by atoms with Gasteiger partial charge in [0.2, 0.25) is 0 Å². The third-order valence-electron chi connectivity index (χ3n) is 2.30. The Hall–Kier alpha value is -0.940. The Morgan fingerprint density at radius 2 is 2.20 bits per heavy atom. The zero-order valence-electron chi connectivity index (χ0n) is 9.90. The second-order valence-electron chi connectivity index (χ2n) is 4.05. The molecule has 0 fully saturated rings. The minimum absolute atomic E-state index is 0.804. The molecule has 0 aliphatic carbocycles. The molecule has 1 N–H and O–H groups in total. The van der Waals surface area contributed by atoms with Crippen LogP contribution in [0, 0.1) is 0 Å². The molecule has 86 valence electrons. The second kappa shape index (κ2) is 6.53. The number of rotatable bonds is 7. The molecule has 0 spiro atoms. The maximum absolute atomic E-state index is 4.00. The molecule has 0 atom stereocenters. The van der Waals surface area contributed by atoms with Gasteiger partial charge in [0.1, 0.15) is 12.2 Å². The van der Waals surface area contributed by atoms with Gasteiger partial charge in [-0.15, -0.1) is 10.2 Å². The first-order valence-electron chi connectivity index (χ1n) is 5.38. The van der Waals surface area contributed by atoms with Gasteiger partial charge in [-0.25, -0.2) is 0 Å². The van der Waals surface area contributed by atoms with Gasteiger partial charge >= 0.3 is 0 Å². The minimum Gasteiger partial charge on any atom is -0.320 e. The maximum Gasteiger partial charge on any atom is 0.146 e. The summed E-state index contributed by atoms with van der Waals surface area (Å²) in [6, 6.07) is 0. The molecular weight excluding hydrogens is 190 g/mol. The Bertz CT molecular complexity index is 269. The van der Waals surface area contributed by atoms with Gasteiger partial charge in [-0.2, -0.15) is 0 Å². The van der Waals surface area contributed by atoms with Crippen molar-refractivity contribution in [3.8, 4) is 0 Å². The van der Waals surface area contributed by atoms with E-state index >= 15 is 0 Å². The Kier molecular flexibility index (Phi) is 5.28. The van der Waals surface area contributed by atoms with Gasteiger partial charge in [0.25, 0.3) is 0 Å². The van der Waals surface area contributed by atoms with Crippen molar-refractivity contribution in [2.45, 2.75) is 19.4 Å². The van der Waals surface area contributed by atoms with Gasteiger partial charge in [-0.3, -0.25) is 0 Å². The fraction of sp³-hybridized carbons (Fsp3) is 0.800. The average molecular weight is 211 g/mol. The summed E-state index contributed by atoms with van der Waals surface area (Å²) in [4.78, 5) is 2.21. The molecule has 1 rings (SSSR count). The van der Waals surface area contributed by atoms with Gasteiger partial charge in [0.05, 0.1) is 6.54 Å². The summed E-state index contributed by atoms with van der Waals surface area (Å²) in [6.07, 6.45) is 4.16. The molecule has 0 saturated carbocycles. The summed E-state index contributed by atoms with van der Waals surface area (Å²) in [5, 5.41) is 11.2. The SMILES string of the molecule is CN(C)CCCCNCc1nncn1C. The molecule has 0 bridgehead atoms. The molecule has 0 amide bonds. The normalized spacial score (nSPS) is 11.2. The minimum atomic E-state index is 0.804. The van der Waals surface area contributed by atoms with Crippen LogP contribution in [0.3, 0.4) is 0 Å². The maximum atomic E-state index is 4.00. The van der Waals surface area contributed by atoms with Crippen molar-refractivity contribution in [1.82, 2.24) is 25.0 Å². The van der Waals surface area contributed by atoms with Crippen molar-refractivity contribution in [1.29, 1.82) is 0 Å². The second-order valence-corrected chi connectivity index (χ2v) is 4.05. The van der Waals surface area contributed by atoms with Crippen LogP contribution in [-0.4, -0.2) is 46.8 Å². The van der Waals surface area contributed by atoms with Gasteiger partial charge in [0, 0.05) is 7.05 Å². The lowest BCUT2D eigenvalue weighted by Gasteiger charge is -2.09. The van der Waals surface area contributed by atoms with Crippen LogP contribution in [0.25, 0.3) is 0 Å². The molecule has 1 heterocycles.